The summed E-state index contributed by atoms with van der Waals surface area (Å²) in [5.74, 6) is 0.963. The van der Waals surface area contributed by atoms with E-state index in [1.54, 1.807) is 0 Å². The van der Waals surface area contributed by atoms with Gasteiger partial charge in [-0.1, -0.05) is 17.7 Å². The van der Waals surface area contributed by atoms with E-state index in [1.807, 2.05) is 31.2 Å². The molecule has 0 aromatic heterocycles. The first-order valence-electron chi connectivity index (χ1n) is 5.56. The van der Waals surface area contributed by atoms with Gasteiger partial charge in [0.15, 0.2) is 9.84 Å². The fourth-order valence-electron chi connectivity index (χ4n) is 1.97. The van der Waals surface area contributed by atoms with Crippen LogP contribution in [0.2, 0.25) is 0 Å². The molecule has 0 aliphatic carbocycles. The Kier molecular flexibility index (Phi) is 3.19. The average Bonchev–Trinajstić information content (AvgIpc) is 2.58. The Hall–Kier alpha value is -1.03. The Bertz CT molecular complexity index is 450. The predicted octanol–water partition coefficient (Wildman–Crippen LogP) is 1.84. The van der Waals surface area contributed by atoms with Crippen molar-refractivity contribution < 1.29 is 8.42 Å². The molecule has 1 saturated heterocycles. The number of hydrogen-bond donors (Lipinski definition) is 1. The van der Waals surface area contributed by atoms with Crippen molar-refractivity contribution in [3.8, 4) is 0 Å². The minimum absolute atomic E-state index is 0.270. The molecule has 0 spiro atoms. The zero-order valence-corrected chi connectivity index (χ0v) is 10.3. The van der Waals surface area contributed by atoms with Crippen LogP contribution in [0.25, 0.3) is 0 Å². The summed E-state index contributed by atoms with van der Waals surface area (Å²) < 4.78 is 22.5. The van der Waals surface area contributed by atoms with E-state index < -0.39 is 9.84 Å². The Balaban J connectivity index is 1.87. The molecule has 3 nitrogen and oxygen atoms in total. The molecule has 2 rings (SSSR count). The molecule has 1 atom stereocenters. The molecule has 1 aliphatic rings. The Morgan fingerprint density at radius 2 is 2.00 bits per heavy atom. The Labute approximate surface area is 96.8 Å². The van der Waals surface area contributed by atoms with Crippen LogP contribution in [0.15, 0.2) is 24.3 Å². The van der Waals surface area contributed by atoms with Crippen LogP contribution < -0.4 is 5.32 Å². The van der Waals surface area contributed by atoms with Crippen molar-refractivity contribution in [1.82, 2.24) is 0 Å². The van der Waals surface area contributed by atoms with Gasteiger partial charge in [-0.05, 0) is 31.4 Å². The average molecular weight is 239 g/mol. The van der Waals surface area contributed by atoms with Crippen LogP contribution in [-0.4, -0.2) is 26.5 Å². The monoisotopic (exact) mass is 239 g/mol. The van der Waals surface area contributed by atoms with Crippen LogP contribution in [0.4, 0.5) is 5.69 Å². The molecule has 0 amide bonds. The highest BCUT2D eigenvalue weighted by Gasteiger charge is 2.27. The van der Waals surface area contributed by atoms with Crippen molar-refractivity contribution in [3.05, 3.63) is 29.8 Å². The zero-order chi connectivity index (χ0) is 11.6. The molecule has 1 aromatic rings. The molecule has 0 saturated carbocycles. The van der Waals surface area contributed by atoms with Crippen molar-refractivity contribution in [3.63, 3.8) is 0 Å². The molecule has 1 aliphatic heterocycles. The third-order valence-electron chi connectivity index (χ3n) is 2.97. The highest BCUT2D eigenvalue weighted by molar-refractivity contribution is 7.91. The molecular formula is C12H17NO2S. The molecule has 1 fully saturated rings. The number of aryl methyl sites for hydroxylation is 1. The molecule has 88 valence electrons. The van der Waals surface area contributed by atoms with Gasteiger partial charge in [0.1, 0.15) is 0 Å². The topological polar surface area (TPSA) is 46.2 Å². The van der Waals surface area contributed by atoms with Crippen LogP contribution in [0, 0.1) is 12.8 Å². The second-order valence-electron chi connectivity index (χ2n) is 4.52. The van der Waals surface area contributed by atoms with Gasteiger partial charge in [0, 0.05) is 12.2 Å². The summed E-state index contributed by atoms with van der Waals surface area (Å²) in [5.41, 5.74) is 2.30. The summed E-state index contributed by atoms with van der Waals surface area (Å²) in [6.45, 7) is 2.80. The van der Waals surface area contributed by atoms with Crippen LogP contribution in [0.5, 0.6) is 0 Å². The van der Waals surface area contributed by atoms with Gasteiger partial charge in [-0.3, -0.25) is 0 Å². The molecular weight excluding hydrogens is 222 g/mol. The standard InChI is InChI=1S/C12H17NO2S/c1-10-2-4-12(5-3-10)13-8-11-6-7-16(14,15)9-11/h2-5,11,13H,6-9H2,1H3/t11-/m1/s1. The second-order valence-corrected chi connectivity index (χ2v) is 6.74. The largest absolute Gasteiger partial charge is 0.385 e. The minimum atomic E-state index is -2.75. The van der Waals surface area contributed by atoms with E-state index in [2.05, 4.69) is 5.32 Å². The second kappa shape index (κ2) is 4.45. The lowest BCUT2D eigenvalue weighted by atomic mass is 10.1. The van der Waals surface area contributed by atoms with Gasteiger partial charge in [-0.15, -0.1) is 0 Å². The maximum atomic E-state index is 11.3. The lowest BCUT2D eigenvalue weighted by Gasteiger charge is -2.10. The highest BCUT2D eigenvalue weighted by Crippen LogP contribution is 2.19. The number of anilines is 1. The Morgan fingerprint density at radius 3 is 2.56 bits per heavy atom. The summed E-state index contributed by atoms with van der Waals surface area (Å²) in [4.78, 5) is 0. The van der Waals surface area contributed by atoms with Crippen molar-refractivity contribution in [2.45, 2.75) is 13.3 Å². The van der Waals surface area contributed by atoms with Crippen LogP contribution in [0.1, 0.15) is 12.0 Å². The van der Waals surface area contributed by atoms with E-state index >= 15 is 0 Å². The van der Waals surface area contributed by atoms with Gasteiger partial charge in [-0.25, -0.2) is 8.42 Å². The number of sulfone groups is 1. The van der Waals surface area contributed by atoms with Crippen molar-refractivity contribution in [2.24, 2.45) is 5.92 Å². The van der Waals surface area contributed by atoms with Crippen LogP contribution in [0.3, 0.4) is 0 Å². The summed E-state index contributed by atoms with van der Waals surface area (Å²) in [6, 6.07) is 8.15. The first-order valence-corrected chi connectivity index (χ1v) is 7.38. The van der Waals surface area contributed by atoms with E-state index in [1.165, 1.54) is 5.56 Å². The SMILES string of the molecule is Cc1ccc(NC[C@H]2CCS(=O)(=O)C2)cc1. The maximum absolute atomic E-state index is 11.3. The van der Waals surface area contributed by atoms with Gasteiger partial charge >= 0.3 is 0 Å². The van der Waals surface area contributed by atoms with E-state index in [0.29, 0.717) is 11.5 Å². The number of nitrogens with one attached hydrogen (secondary N) is 1. The molecule has 1 N–H and O–H groups in total. The third kappa shape index (κ3) is 2.98. The first-order chi connectivity index (χ1) is 7.55. The summed E-state index contributed by atoms with van der Waals surface area (Å²) in [7, 11) is -2.75. The quantitative estimate of drug-likeness (QED) is 0.875. The van der Waals surface area contributed by atoms with E-state index in [9.17, 15) is 8.42 Å². The molecule has 0 bridgehead atoms. The maximum Gasteiger partial charge on any atom is 0.150 e. The van der Waals surface area contributed by atoms with E-state index in [4.69, 9.17) is 0 Å². The molecule has 0 radical (unpaired) electrons. The van der Waals surface area contributed by atoms with Crippen molar-refractivity contribution >= 4 is 15.5 Å². The molecule has 16 heavy (non-hydrogen) atoms. The Morgan fingerprint density at radius 1 is 1.31 bits per heavy atom. The highest BCUT2D eigenvalue weighted by atomic mass is 32.2. The molecule has 1 aromatic carbocycles. The molecule has 1 heterocycles. The smallest absolute Gasteiger partial charge is 0.150 e. The minimum Gasteiger partial charge on any atom is -0.385 e. The van der Waals surface area contributed by atoms with Crippen molar-refractivity contribution in [2.75, 3.05) is 23.4 Å². The lowest BCUT2D eigenvalue weighted by molar-refractivity contribution is 0.596. The fraction of sp³-hybridized carbons (Fsp3) is 0.500. The van der Waals surface area contributed by atoms with Gasteiger partial charge in [-0.2, -0.15) is 0 Å². The van der Waals surface area contributed by atoms with Crippen molar-refractivity contribution in [1.29, 1.82) is 0 Å². The van der Waals surface area contributed by atoms with Gasteiger partial charge < -0.3 is 5.32 Å². The summed E-state index contributed by atoms with van der Waals surface area (Å²) in [6.07, 6.45) is 0.793. The summed E-state index contributed by atoms with van der Waals surface area (Å²) in [5, 5.41) is 3.29. The normalized spacial score (nSPS) is 23.2. The van der Waals surface area contributed by atoms with E-state index in [-0.39, 0.29) is 5.92 Å². The predicted molar refractivity (Wildman–Crippen MR) is 66.4 cm³/mol. The van der Waals surface area contributed by atoms with Crippen LogP contribution in [-0.2, 0) is 9.84 Å². The van der Waals surface area contributed by atoms with Gasteiger partial charge in [0.2, 0.25) is 0 Å². The zero-order valence-electron chi connectivity index (χ0n) is 9.44. The summed E-state index contributed by atoms with van der Waals surface area (Å²) >= 11 is 0. The number of rotatable bonds is 3. The lowest BCUT2D eigenvalue weighted by Crippen LogP contribution is -2.15. The number of benzene rings is 1. The first kappa shape index (κ1) is 11.5. The number of hydrogen-bond acceptors (Lipinski definition) is 3. The van der Waals surface area contributed by atoms with E-state index in [0.717, 1.165) is 18.7 Å². The van der Waals surface area contributed by atoms with Gasteiger partial charge in [0.25, 0.3) is 0 Å². The molecule has 0 unspecified atom stereocenters. The van der Waals surface area contributed by atoms with Gasteiger partial charge in [0.05, 0.1) is 11.5 Å². The van der Waals surface area contributed by atoms with Crippen LogP contribution >= 0.6 is 0 Å². The molecule has 4 heteroatoms. The third-order valence-corrected chi connectivity index (χ3v) is 4.81. The fourth-order valence-corrected chi connectivity index (χ4v) is 3.83.